The molecule has 7 heteroatoms. The Morgan fingerprint density at radius 1 is 1.12 bits per heavy atom. The maximum absolute atomic E-state index is 12.0. The molecule has 0 aliphatic rings. The highest BCUT2D eigenvalue weighted by molar-refractivity contribution is 7.99. The van der Waals surface area contributed by atoms with Crippen LogP contribution in [0.3, 0.4) is 0 Å². The second kappa shape index (κ2) is 8.25. The summed E-state index contributed by atoms with van der Waals surface area (Å²) in [7, 11) is 1.59. The highest BCUT2D eigenvalue weighted by Crippen LogP contribution is 2.20. The van der Waals surface area contributed by atoms with Crippen molar-refractivity contribution >= 4 is 23.4 Å². The standard InChI is InChI=1S/C18H16N4O2S/c1-24-15-4-2-3-14(11-15)20-17(23)12-25-18-6-5-16(21-22-18)13-7-9-19-10-8-13/h2-11H,12H2,1H3,(H,20,23). The SMILES string of the molecule is COc1cccc(NC(=O)CSc2ccc(-c3ccncc3)nn2)c1. The molecule has 1 N–H and O–H groups in total. The molecule has 0 aliphatic heterocycles. The Kier molecular flexibility index (Phi) is 5.58. The van der Waals surface area contributed by atoms with Gasteiger partial charge in [-0.3, -0.25) is 9.78 Å². The summed E-state index contributed by atoms with van der Waals surface area (Å²) < 4.78 is 5.13. The number of thioether (sulfide) groups is 1. The average Bonchev–Trinajstić information content (AvgIpc) is 2.67. The monoisotopic (exact) mass is 352 g/mol. The summed E-state index contributed by atoms with van der Waals surface area (Å²) in [6, 6.07) is 14.7. The summed E-state index contributed by atoms with van der Waals surface area (Å²) in [5.74, 6) is 0.835. The predicted molar refractivity (Wildman–Crippen MR) is 97.6 cm³/mol. The number of methoxy groups -OCH3 is 1. The molecule has 126 valence electrons. The van der Waals surface area contributed by atoms with Crippen LogP contribution in [0.25, 0.3) is 11.3 Å². The van der Waals surface area contributed by atoms with E-state index in [1.807, 2.05) is 42.5 Å². The van der Waals surface area contributed by atoms with Gasteiger partial charge in [0.2, 0.25) is 5.91 Å². The Bertz CT molecular complexity index is 841. The third-order valence-corrected chi connectivity index (χ3v) is 4.24. The van der Waals surface area contributed by atoms with E-state index < -0.39 is 0 Å². The molecule has 0 aliphatic carbocycles. The van der Waals surface area contributed by atoms with Crippen LogP contribution in [-0.4, -0.2) is 34.0 Å². The van der Waals surface area contributed by atoms with Gasteiger partial charge in [0.25, 0.3) is 0 Å². The number of rotatable bonds is 6. The van der Waals surface area contributed by atoms with E-state index in [0.29, 0.717) is 16.5 Å². The summed E-state index contributed by atoms with van der Waals surface area (Å²) in [5.41, 5.74) is 2.42. The number of aromatic nitrogens is 3. The topological polar surface area (TPSA) is 77.0 Å². The lowest BCUT2D eigenvalue weighted by Gasteiger charge is -2.06. The predicted octanol–water partition coefficient (Wildman–Crippen LogP) is 3.28. The Balaban J connectivity index is 1.55. The maximum Gasteiger partial charge on any atom is 0.234 e. The number of hydrogen-bond acceptors (Lipinski definition) is 6. The zero-order chi connectivity index (χ0) is 17.5. The lowest BCUT2D eigenvalue weighted by atomic mass is 10.2. The van der Waals surface area contributed by atoms with Crippen molar-refractivity contribution in [3.05, 3.63) is 60.9 Å². The molecule has 1 aromatic carbocycles. The molecular formula is C18H16N4O2S. The van der Waals surface area contributed by atoms with Gasteiger partial charge in [0.05, 0.1) is 18.6 Å². The normalized spacial score (nSPS) is 10.3. The van der Waals surface area contributed by atoms with E-state index in [1.54, 1.807) is 25.6 Å². The number of amides is 1. The Morgan fingerprint density at radius 2 is 1.96 bits per heavy atom. The molecule has 0 saturated carbocycles. The second-order valence-corrected chi connectivity index (χ2v) is 6.06. The van der Waals surface area contributed by atoms with E-state index >= 15 is 0 Å². The average molecular weight is 352 g/mol. The first-order chi connectivity index (χ1) is 12.2. The number of hydrogen-bond donors (Lipinski definition) is 1. The fraction of sp³-hybridized carbons (Fsp3) is 0.111. The van der Waals surface area contributed by atoms with Crippen LogP contribution in [0, 0.1) is 0 Å². The molecule has 0 radical (unpaired) electrons. The van der Waals surface area contributed by atoms with Crippen LogP contribution in [0.5, 0.6) is 5.75 Å². The van der Waals surface area contributed by atoms with Crippen molar-refractivity contribution in [2.45, 2.75) is 5.03 Å². The lowest BCUT2D eigenvalue weighted by Crippen LogP contribution is -2.14. The van der Waals surface area contributed by atoms with Crippen LogP contribution in [0.4, 0.5) is 5.69 Å². The zero-order valence-corrected chi connectivity index (χ0v) is 14.4. The van der Waals surface area contributed by atoms with Gasteiger partial charge in [0, 0.05) is 29.7 Å². The number of nitrogens with one attached hydrogen (secondary N) is 1. The summed E-state index contributed by atoms with van der Waals surface area (Å²) in [5, 5.41) is 11.9. The van der Waals surface area contributed by atoms with Crippen molar-refractivity contribution in [3.63, 3.8) is 0 Å². The van der Waals surface area contributed by atoms with Gasteiger partial charge in [-0.15, -0.1) is 10.2 Å². The number of carbonyl (C=O) groups excluding carboxylic acids is 1. The Morgan fingerprint density at radius 3 is 2.68 bits per heavy atom. The summed E-state index contributed by atoms with van der Waals surface area (Å²) in [6.45, 7) is 0. The van der Waals surface area contributed by atoms with Crippen LogP contribution in [0.2, 0.25) is 0 Å². The molecule has 0 spiro atoms. The molecule has 0 unspecified atom stereocenters. The number of nitrogens with zero attached hydrogens (tertiary/aromatic N) is 3. The quantitative estimate of drug-likeness (QED) is 0.686. The van der Waals surface area contributed by atoms with E-state index in [1.165, 1.54) is 11.8 Å². The van der Waals surface area contributed by atoms with Gasteiger partial charge >= 0.3 is 0 Å². The molecule has 1 amide bonds. The van der Waals surface area contributed by atoms with E-state index in [-0.39, 0.29) is 11.7 Å². The molecule has 3 aromatic rings. The van der Waals surface area contributed by atoms with E-state index in [0.717, 1.165) is 11.3 Å². The first-order valence-electron chi connectivity index (χ1n) is 7.55. The number of carbonyl (C=O) groups is 1. The smallest absolute Gasteiger partial charge is 0.234 e. The Labute approximate surface area is 149 Å². The van der Waals surface area contributed by atoms with Gasteiger partial charge in [-0.2, -0.15) is 0 Å². The molecule has 2 heterocycles. The minimum absolute atomic E-state index is 0.113. The van der Waals surface area contributed by atoms with Gasteiger partial charge in [0.15, 0.2) is 0 Å². The van der Waals surface area contributed by atoms with E-state index in [2.05, 4.69) is 20.5 Å². The fourth-order valence-corrected chi connectivity index (χ4v) is 2.73. The van der Waals surface area contributed by atoms with Gasteiger partial charge in [-0.1, -0.05) is 17.8 Å². The molecule has 0 fully saturated rings. The molecule has 0 saturated heterocycles. The minimum Gasteiger partial charge on any atom is -0.497 e. The van der Waals surface area contributed by atoms with E-state index in [9.17, 15) is 4.79 Å². The molecule has 3 rings (SSSR count). The second-order valence-electron chi connectivity index (χ2n) is 5.06. The summed E-state index contributed by atoms with van der Waals surface area (Å²) >= 11 is 1.33. The van der Waals surface area contributed by atoms with Gasteiger partial charge in [0.1, 0.15) is 10.8 Å². The molecule has 25 heavy (non-hydrogen) atoms. The number of ether oxygens (including phenoxy) is 1. The Hall–Kier alpha value is -2.93. The molecular weight excluding hydrogens is 336 g/mol. The van der Waals surface area contributed by atoms with Gasteiger partial charge in [-0.05, 0) is 36.4 Å². The van der Waals surface area contributed by atoms with Gasteiger partial charge in [-0.25, -0.2) is 0 Å². The minimum atomic E-state index is -0.113. The molecule has 0 atom stereocenters. The largest absolute Gasteiger partial charge is 0.497 e. The highest BCUT2D eigenvalue weighted by Gasteiger charge is 2.07. The third kappa shape index (κ3) is 4.77. The number of anilines is 1. The van der Waals surface area contributed by atoms with Crippen molar-refractivity contribution in [2.75, 3.05) is 18.2 Å². The molecule has 2 aromatic heterocycles. The zero-order valence-electron chi connectivity index (χ0n) is 13.5. The van der Waals surface area contributed by atoms with Crippen LogP contribution in [-0.2, 0) is 4.79 Å². The van der Waals surface area contributed by atoms with Crippen molar-refractivity contribution < 1.29 is 9.53 Å². The van der Waals surface area contributed by atoms with Crippen LogP contribution in [0.1, 0.15) is 0 Å². The van der Waals surface area contributed by atoms with Gasteiger partial charge < -0.3 is 10.1 Å². The highest BCUT2D eigenvalue weighted by atomic mass is 32.2. The number of benzene rings is 1. The van der Waals surface area contributed by atoms with Crippen LogP contribution in [0.15, 0.2) is 66.0 Å². The number of pyridine rings is 1. The first kappa shape index (κ1) is 16.9. The van der Waals surface area contributed by atoms with Crippen molar-refractivity contribution in [1.82, 2.24) is 15.2 Å². The lowest BCUT2D eigenvalue weighted by molar-refractivity contribution is -0.113. The molecule has 0 bridgehead atoms. The maximum atomic E-state index is 12.0. The van der Waals surface area contributed by atoms with Crippen molar-refractivity contribution in [1.29, 1.82) is 0 Å². The van der Waals surface area contributed by atoms with Crippen molar-refractivity contribution in [2.24, 2.45) is 0 Å². The first-order valence-corrected chi connectivity index (χ1v) is 8.54. The van der Waals surface area contributed by atoms with E-state index in [4.69, 9.17) is 4.74 Å². The molecule has 6 nitrogen and oxygen atoms in total. The summed E-state index contributed by atoms with van der Waals surface area (Å²) in [6.07, 6.45) is 3.42. The van der Waals surface area contributed by atoms with Crippen LogP contribution < -0.4 is 10.1 Å². The fourth-order valence-electron chi connectivity index (χ4n) is 2.11. The third-order valence-electron chi connectivity index (χ3n) is 3.32. The van der Waals surface area contributed by atoms with Crippen molar-refractivity contribution in [3.8, 4) is 17.0 Å². The van der Waals surface area contributed by atoms with Crippen LogP contribution >= 0.6 is 11.8 Å². The summed E-state index contributed by atoms with van der Waals surface area (Å²) in [4.78, 5) is 16.0.